The Bertz CT molecular complexity index is 1080. The Labute approximate surface area is 162 Å². The summed E-state index contributed by atoms with van der Waals surface area (Å²) < 4.78 is 4.98. The molecule has 28 heavy (non-hydrogen) atoms. The molecule has 2 aromatic carbocycles. The molecule has 1 N–H and O–H groups in total. The van der Waals surface area contributed by atoms with Crippen LogP contribution in [-0.2, 0) is 19.7 Å². The van der Waals surface area contributed by atoms with Gasteiger partial charge in [-0.15, -0.1) is 0 Å². The van der Waals surface area contributed by atoms with Gasteiger partial charge in [0.25, 0.3) is 6.47 Å². The van der Waals surface area contributed by atoms with Crippen molar-refractivity contribution < 1.29 is 19.4 Å². The average Bonchev–Trinajstić information content (AvgIpc) is 2.95. The third kappa shape index (κ3) is 2.91. The van der Waals surface area contributed by atoms with Gasteiger partial charge < -0.3 is 9.84 Å². The second-order valence-electron chi connectivity index (χ2n) is 7.15. The second kappa shape index (κ2) is 7.03. The minimum absolute atomic E-state index is 0.0114. The van der Waals surface area contributed by atoms with E-state index < -0.39 is 11.4 Å². The molecular weight excluding hydrogens is 356 g/mol. The lowest BCUT2D eigenvalue weighted by Crippen LogP contribution is -2.29. The van der Waals surface area contributed by atoms with E-state index in [9.17, 15) is 14.7 Å². The quantitative estimate of drug-likeness (QED) is 0.500. The number of carboxylic acids is 1. The summed E-state index contributed by atoms with van der Waals surface area (Å²) in [5.41, 5.74) is 5.53. The van der Waals surface area contributed by atoms with E-state index in [1.807, 2.05) is 49.4 Å². The molecular formula is C22H20N2O4. The number of hydrogen-bond donors (Lipinski definition) is 1. The summed E-state index contributed by atoms with van der Waals surface area (Å²) in [5.74, 6) is -0.869. The molecule has 0 amide bonds. The van der Waals surface area contributed by atoms with Gasteiger partial charge in [0.2, 0.25) is 0 Å². The Hall–Kier alpha value is -3.28. The summed E-state index contributed by atoms with van der Waals surface area (Å²) in [6.07, 6.45) is 0.804. The SMILES string of the molecule is Cc1ccc2nc3c(nc2c1)-c1ccccc1C3(CCOC=O)CCC(=O)O. The molecule has 0 bridgehead atoms. The number of hydrogen-bond acceptors (Lipinski definition) is 5. The van der Waals surface area contributed by atoms with Crippen molar-refractivity contribution in [1.29, 1.82) is 0 Å². The van der Waals surface area contributed by atoms with Gasteiger partial charge in [-0.1, -0.05) is 30.3 Å². The average molecular weight is 376 g/mol. The summed E-state index contributed by atoms with van der Waals surface area (Å²) in [6.45, 7) is 2.61. The number of aliphatic carboxylic acids is 1. The van der Waals surface area contributed by atoms with Gasteiger partial charge in [0.05, 0.1) is 29.0 Å². The number of ether oxygens (including phenoxy) is 1. The fourth-order valence-corrected chi connectivity index (χ4v) is 4.15. The zero-order chi connectivity index (χ0) is 19.7. The number of nitrogens with zero attached hydrogens (tertiary/aromatic N) is 2. The maximum Gasteiger partial charge on any atom is 0.303 e. The highest BCUT2D eigenvalue weighted by Gasteiger charge is 2.45. The minimum Gasteiger partial charge on any atom is -0.481 e. The summed E-state index contributed by atoms with van der Waals surface area (Å²) in [4.78, 5) is 31.9. The Morgan fingerprint density at radius 1 is 1.14 bits per heavy atom. The van der Waals surface area contributed by atoms with Crippen LogP contribution in [0.25, 0.3) is 22.3 Å². The normalized spacial score (nSPS) is 17.2. The van der Waals surface area contributed by atoms with Gasteiger partial charge in [-0.25, -0.2) is 9.97 Å². The van der Waals surface area contributed by atoms with Gasteiger partial charge in [-0.05, 0) is 43.0 Å². The predicted molar refractivity (Wildman–Crippen MR) is 104 cm³/mol. The highest BCUT2D eigenvalue weighted by molar-refractivity contribution is 5.84. The number of benzene rings is 2. The third-order valence-corrected chi connectivity index (χ3v) is 5.45. The number of carboxylic acid groups (broad SMARTS) is 1. The minimum atomic E-state index is -0.869. The van der Waals surface area contributed by atoms with E-state index in [-0.39, 0.29) is 13.0 Å². The van der Waals surface area contributed by atoms with Crippen molar-refractivity contribution >= 4 is 23.5 Å². The Morgan fingerprint density at radius 3 is 2.75 bits per heavy atom. The van der Waals surface area contributed by atoms with Gasteiger partial charge in [0, 0.05) is 17.4 Å². The molecule has 0 aliphatic heterocycles. The van der Waals surface area contributed by atoms with Crippen molar-refractivity contribution in [1.82, 2.24) is 9.97 Å². The molecule has 3 aromatic rings. The van der Waals surface area contributed by atoms with E-state index in [0.717, 1.165) is 39.1 Å². The number of fused-ring (bicyclic) bond motifs is 4. The topological polar surface area (TPSA) is 89.4 Å². The summed E-state index contributed by atoms with van der Waals surface area (Å²) >= 11 is 0. The highest BCUT2D eigenvalue weighted by Crippen LogP contribution is 2.52. The lowest BCUT2D eigenvalue weighted by molar-refractivity contribution is -0.137. The van der Waals surface area contributed by atoms with Crippen LogP contribution in [0.15, 0.2) is 42.5 Å². The van der Waals surface area contributed by atoms with Crippen LogP contribution in [0, 0.1) is 6.92 Å². The van der Waals surface area contributed by atoms with Crippen LogP contribution >= 0.6 is 0 Å². The van der Waals surface area contributed by atoms with Gasteiger partial charge >= 0.3 is 5.97 Å². The fourth-order valence-electron chi connectivity index (χ4n) is 4.15. The number of aromatic nitrogens is 2. The second-order valence-corrected chi connectivity index (χ2v) is 7.15. The molecule has 0 saturated carbocycles. The van der Waals surface area contributed by atoms with E-state index in [2.05, 4.69) is 0 Å². The van der Waals surface area contributed by atoms with Gasteiger partial charge in [-0.3, -0.25) is 9.59 Å². The van der Waals surface area contributed by atoms with Crippen LogP contribution in [0.2, 0.25) is 0 Å². The Balaban J connectivity index is 1.95. The number of carbonyl (C=O) groups is 2. The molecule has 1 aromatic heterocycles. The molecule has 0 saturated heterocycles. The van der Waals surface area contributed by atoms with E-state index in [4.69, 9.17) is 14.7 Å². The van der Waals surface area contributed by atoms with Crippen LogP contribution < -0.4 is 0 Å². The highest BCUT2D eigenvalue weighted by atomic mass is 16.5. The van der Waals surface area contributed by atoms with Crippen molar-refractivity contribution in [3.8, 4) is 11.3 Å². The molecule has 1 atom stereocenters. The summed E-state index contributed by atoms with van der Waals surface area (Å²) in [5, 5.41) is 9.33. The fraction of sp³-hybridized carbons (Fsp3) is 0.273. The zero-order valence-electron chi connectivity index (χ0n) is 15.5. The Kier molecular flexibility index (Phi) is 4.55. The van der Waals surface area contributed by atoms with Crippen molar-refractivity contribution in [2.45, 2.75) is 31.6 Å². The smallest absolute Gasteiger partial charge is 0.303 e. The first-order valence-corrected chi connectivity index (χ1v) is 9.21. The van der Waals surface area contributed by atoms with Crippen molar-refractivity contribution in [3.05, 3.63) is 59.3 Å². The molecule has 6 heteroatoms. The molecule has 1 aliphatic rings. The van der Waals surface area contributed by atoms with Gasteiger partial charge in [-0.2, -0.15) is 0 Å². The van der Waals surface area contributed by atoms with E-state index in [1.54, 1.807) is 0 Å². The van der Waals surface area contributed by atoms with E-state index >= 15 is 0 Å². The number of aryl methyl sites for hydroxylation is 1. The third-order valence-electron chi connectivity index (χ3n) is 5.45. The predicted octanol–water partition coefficient (Wildman–Crippen LogP) is 3.63. The monoisotopic (exact) mass is 376 g/mol. The van der Waals surface area contributed by atoms with Crippen LogP contribution in [0.1, 0.15) is 36.1 Å². The van der Waals surface area contributed by atoms with Gasteiger partial charge in [0.15, 0.2) is 0 Å². The molecule has 4 rings (SSSR count). The van der Waals surface area contributed by atoms with Crippen molar-refractivity contribution in [3.63, 3.8) is 0 Å². The maximum absolute atomic E-state index is 11.4. The standard InChI is InChI=1S/C22H20N2O4/c1-14-6-7-17-18(12-14)23-20-15-4-2-3-5-16(15)22(21(20)24-17,9-8-19(26)27)10-11-28-13-25/h2-7,12-13H,8-11H2,1H3,(H,26,27). The number of carbonyl (C=O) groups excluding carboxylic acids is 1. The molecule has 1 heterocycles. The first-order valence-electron chi connectivity index (χ1n) is 9.21. The van der Waals surface area contributed by atoms with Gasteiger partial charge in [0.1, 0.15) is 0 Å². The first-order chi connectivity index (χ1) is 13.5. The van der Waals surface area contributed by atoms with Crippen LogP contribution in [0.5, 0.6) is 0 Å². The maximum atomic E-state index is 11.4. The van der Waals surface area contributed by atoms with Crippen LogP contribution in [0.4, 0.5) is 0 Å². The number of rotatable bonds is 7. The van der Waals surface area contributed by atoms with E-state index in [1.165, 1.54) is 0 Å². The molecule has 0 fully saturated rings. The lowest BCUT2D eigenvalue weighted by Gasteiger charge is -2.30. The lowest BCUT2D eigenvalue weighted by atomic mass is 9.74. The van der Waals surface area contributed by atoms with Crippen molar-refractivity contribution in [2.24, 2.45) is 0 Å². The largest absolute Gasteiger partial charge is 0.481 e. The molecule has 6 nitrogen and oxygen atoms in total. The molecule has 0 radical (unpaired) electrons. The molecule has 142 valence electrons. The van der Waals surface area contributed by atoms with Crippen molar-refractivity contribution in [2.75, 3.05) is 6.61 Å². The molecule has 0 spiro atoms. The van der Waals surface area contributed by atoms with Crippen LogP contribution in [0.3, 0.4) is 0 Å². The molecule has 1 unspecified atom stereocenters. The summed E-state index contributed by atoms with van der Waals surface area (Å²) in [7, 11) is 0. The first kappa shape index (κ1) is 18.1. The zero-order valence-corrected chi connectivity index (χ0v) is 15.5. The van der Waals surface area contributed by atoms with E-state index in [0.29, 0.717) is 19.3 Å². The Morgan fingerprint density at radius 2 is 1.96 bits per heavy atom. The molecule has 1 aliphatic carbocycles. The van der Waals surface area contributed by atoms with Crippen LogP contribution in [-0.4, -0.2) is 34.1 Å². The summed E-state index contributed by atoms with van der Waals surface area (Å²) in [6, 6.07) is 13.8.